The molecule has 1 saturated heterocycles. The topological polar surface area (TPSA) is 15.3 Å². The van der Waals surface area contributed by atoms with Crippen molar-refractivity contribution in [1.82, 2.24) is 10.2 Å². The Morgan fingerprint density at radius 1 is 1.21 bits per heavy atom. The van der Waals surface area contributed by atoms with E-state index in [9.17, 15) is 0 Å². The molecular weight excluding hydrogens is 232 g/mol. The molecule has 2 nitrogen and oxygen atoms in total. The highest BCUT2D eigenvalue weighted by Gasteiger charge is 2.23. The van der Waals surface area contributed by atoms with Gasteiger partial charge in [0.1, 0.15) is 0 Å². The van der Waals surface area contributed by atoms with Crippen LogP contribution in [0.25, 0.3) is 0 Å². The molecular formula is C17H28N2. The molecule has 1 fully saturated rings. The van der Waals surface area contributed by atoms with Crippen LogP contribution in [-0.2, 0) is 6.42 Å². The SMILES string of the molecule is CC(C)C(C)N1CCCNC(Cc2ccccc2)C1. The Bertz CT molecular complexity index is 361. The van der Waals surface area contributed by atoms with E-state index in [2.05, 4.69) is 61.3 Å². The fraction of sp³-hybridized carbons (Fsp3) is 0.647. The highest BCUT2D eigenvalue weighted by atomic mass is 15.2. The van der Waals surface area contributed by atoms with Gasteiger partial charge in [-0.3, -0.25) is 4.90 Å². The zero-order valence-electron chi connectivity index (χ0n) is 12.6. The van der Waals surface area contributed by atoms with Crippen molar-refractivity contribution in [2.24, 2.45) is 5.92 Å². The van der Waals surface area contributed by atoms with Crippen LogP contribution < -0.4 is 5.32 Å². The maximum absolute atomic E-state index is 3.71. The molecule has 1 aromatic rings. The molecule has 2 heteroatoms. The second-order valence-corrected chi connectivity index (χ2v) is 6.17. The monoisotopic (exact) mass is 260 g/mol. The summed E-state index contributed by atoms with van der Waals surface area (Å²) in [5.41, 5.74) is 1.44. The van der Waals surface area contributed by atoms with Crippen molar-refractivity contribution in [2.75, 3.05) is 19.6 Å². The molecule has 1 aromatic carbocycles. The minimum atomic E-state index is 0.589. The van der Waals surface area contributed by atoms with Gasteiger partial charge in [-0.2, -0.15) is 0 Å². The van der Waals surface area contributed by atoms with E-state index in [0.717, 1.165) is 18.9 Å². The summed E-state index contributed by atoms with van der Waals surface area (Å²) >= 11 is 0. The van der Waals surface area contributed by atoms with Gasteiger partial charge in [0.2, 0.25) is 0 Å². The number of benzene rings is 1. The van der Waals surface area contributed by atoms with Crippen molar-refractivity contribution < 1.29 is 0 Å². The van der Waals surface area contributed by atoms with Crippen molar-refractivity contribution in [3.63, 3.8) is 0 Å². The second kappa shape index (κ2) is 7.06. The largest absolute Gasteiger partial charge is 0.312 e. The van der Waals surface area contributed by atoms with Gasteiger partial charge in [0.25, 0.3) is 0 Å². The molecule has 0 aliphatic carbocycles. The molecule has 19 heavy (non-hydrogen) atoms. The maximum atomic E-state index is 3.71. The van der Waals surface area contributed by atoms with Gasteiger partial charge in [0.15, 0.2) is 0 Å². The van der Waals surface area contributed by atoms with Gasteiger partial charge in [-0.05, 0) is 44.3 Å². The molecule has 0 bridgehead atoms. The van der Waals surface area contributed by atoms with Crippen LogP contribution in [0.3, 0.4) is 0 Å². The first-order chi connectivity index (χ1) is 9.16. The van der Waals surface area contributed by atoms with Crippen molar-refractivity contribution in [1.29, 1.82) is 0 Å². The van der Waals surface area contributed by atoms with Crippen LogP contribution in [0, 0.1) is 5.92 Å². The van der Waals surface area contributed by atoms with Crippen LogP contribution in [0.5, 0.6) is 0 Å². The van der Waals surface area contributed by atoms with E-state index >= 15 is 0 Å². The molecule has 1 aliphatic heterocycles. The van der Waals surface area contributed by atoms with Gasteiger partial charge in [0, 0.05) is 18.6 Å². The van der Waals surface area contributed by atoms with Gasteiger partial charge in [-0.15, -0.1) is 0 Å². The second-order valence-electron chi connectivity index (χ2n) is 6.17. The normalized spacial score (nSPS) is 23.3. The van der Waals surface area contributed by atoms with E-state index < -0.39 is 0 Å². The van der Waals surface area contributed by atoms with Crippen LogP contribution in [-0.4, -0.2) is 36.6 Å². The lowest BCUT2D eigenvalue weighted by Crippen LogP contribution is -2.44. The Kier molecular flexibility index (Phi) is 5.41. The smallest absolute Gasteiger partial charge is 0.0235 e. The molecule has 2 atom stereocenters. The summed E-state index contributed by atoms with van der Waals surface area (Å²) in [7, 11) is 0. The first-order valence-corrected chi connectivity index (χ1v) is 7.68. The number of nitrogens with zero attached hydrogens (tertiary/aromatic N) is 1. The lowest BCUT2D eigenvalue weighted by molar-refractivity contribution is 0.165. The molecule has 0 radical (unpaired) electrons. The molecule has 0 amide bonds. The van der Waals surface area contributed by atoms with Crippen molar-refractivity contribution in [3.8, 4) is 0 Å². The summed E-state index contributed by atoms with van der Waals surface area (Å²) in [6.07, 6.45) is 2.41. The third-order valence-electron chi connectivity index (χ3n) is 4.38. The Balaban J connectivity index is 1.96. The van der Waals surface area contributed by atoms with E-state index in [0.29, 0.717) is 12.1 Å². The van der Waals surface area contributed by atoms with Crippen LogP contribution in [0.2, 0.25) is 0 Å². The Morgan fingerprint density at radius 3 is 2.63 bits per heavy atom. The zero-order chi connectivity index (χ0) is 13.7. The van der Waals surface area contributed by atoms with Gasteiger partial charge < -0.3 is 5.32 Å². The van der Waals surface area contributed by atoms with E-state index in [1.807, 2.05) is 0 Å². The van der Waals surface area contributed by atoms with Crippen LogP contribution in [0.15, 0.2) is 30.3 Å². The fourth-order valence-corrected chi connectivity index (χ4v) is 2.85. The Labute approximate surface area is 118 Å². The van der Waals surface area contributed by atoms with Gasteiger partial charge >= 0.3 is 0 Å². The predicted molar refractivity (Wildman–Crippen MR) is 82.4 cm³/mol. The molecule has 106 valence electrons. The van der Waals surface area contributed by atoms with Crippen molar-refractivity contribution in [2.45, 2.75) is 45.7 Å². The predicted octanol–water partition coefficient (Wildman–Crippen LogP) is 2.94. The molecule has 1 N–H and O–H groups in total. The molecule has 2 unspecified atom stereocenters. The quantitative estimate of drug-likeness (QED) is 0.895. The Hall–Kier alpha value is -0.860. The summed E-state index contributed by atoms with van der Waals surface area (Å²) in [6.45, 7) is 10.6. The number of hydrogen-bond donors (Lipinski definition) is 1. The third-order valence-corrected chi connectivity index (χ3v) is 4.38. The van der Waals surface area contributed by atoms with Gasteiger partial charge in [-0.1, -0.05) is 44.2 Å². The highest BCUT2D eigenvalue weighted by molar-refractivity contribution is 5.16. The molecule has 0 saturated carbocycles. The fourth-order valence-electron chi connectivity index (χ4n) is 2.85. The summed E-state index contributed by atoms with van der Waals surface area (Å²) in [6, 6.07) is 12.1. The molecule has 2 rings (SSSR count). The highest BCUT2D eigenvalue weighted by Crippen LogP contribution is 2.15. The minimum absolute atomic E-state index is 0.589. The number of hydrogen-bond acceptors (Lipinski definition) is 2. The van der Waals surface area contributed by atoms with E-state index in [4.69, 9.17) is 0 Å². The summed E-state index contributed by atoms with van der Waals surface area (Å²) in [5, 5.41) is 3.71. The van der Waals surface area contributed by atoms with Gasteiger partial charge in [0.05, 0.1) is 0 Å². The van der Waals surface area contributed by atoms with Crippen LogP contribution in [0.1, 0.15) is 32.8 Å². The molecule has 0 aromatic heterocycles. The van der Waals surface area contributed by atoms with E-state index in [1.54, 1.807) is 0 Å². The summed E-state index contributed by atoms with van der Waals surface area (Å²) in [4.78, 5) is 2.66. The average molecular weight is 260 g/mol. The Morgan fingerprint density at radius 2 is 1.95 bits per heavy atom. The number of nitrogens with one attached hydrogen (secondary N) is 1. The molecule has 0 spiro atoms. The van der Waals surface area contributed by atoms with E-state index in [-0.39, 0.29) is 0 Å². The minimum Gasteiger partial charge on any atom is -0.312 e. The van der Waals surface area contributed by atoms with Crippen molar-refractivity contribution >= 4 is 0 Å². The average Bonchev–Trinajstić information content (AvgIpc) is 2.64. The first-order valence-electron chi connectivity index (χ1n) is 7.68. The summed E-state index contributed by atoms with van der Waals surface area (Å²) in [5.74, 6) is 0.732. The van der Waals surface area contributed by atoms with Crippen LogP contribution in [0.4, 0.5) is 0 Å². The lowest BCUT2D eigenvalue weighted by Gasteiger charge is -2.32. The van der Waals surface area contributed by atoms with Crippen LogP contribution >= 0.6 is 0 Å². The first kappa shape index (κ1) is 14.5. The van der Waals surface area contributed by atoms with Gasteiger partial charge in [-0.25, -0.2) is 0 Å². The zero-order valence-corrected chi connectivity index (χ0v) is 12.6. The third kappa shape index (κ3) is 4.32. The maximum Gasteiger partial charge on any atom is 0.0235 e. The molecule has 1 aliphatic rings. The number of rotatable bonds is 4. The standard InChI is InChI=1S/C17H28N2/c1-14(2)15(3)19-11-7-10-18-17(13-19)12-16-8-5-4-6-9-16/h4-6,8-9,14-15,17-18H,7,10-13H2,1-3H3. The van der Waals surface area contributed by atoms with E-state index in [1.165, 1.54) is 25.1 Å². The molecule has 1 heterocycles. The summed E-state index contributed by atoms with van der Waals surface area (Å²) < 4.78 is 0. The van der Waals surface area contributed by atoms with Crippen molar-refractivity contribution in [3.05, 3.63) is 35.9 Å². The lowest BCUT2D eigenvalue weighted by atomic mass is 10.0.